The number of aliphatic imine (C=N–C) groups is 1. The van der Waals surface area contributed by atoms with E-state index >= 15 is 0 Å². The van der Waals surface area contributed by atoms with E-state index in [9.17, 15) is 8.78 Å². The van der Waals surface area contributed by atoms with E-state index in [2.05, 4.69) is 20.6 Å². The van der Waals surface area contributed by atoms with E-state index in [0.717, 1.165) is 12.1 Å². The van der Waals surface area contributed by atoms with E-state index in [0.29, 0.717) is 43.5 Å². The Hall–Kier alpha value is -2.94. The first-order chi connectivity index (χ1) is 14.3. The van der Waals surface area contributed by atoms with Crippen LogP contribution in [0.25, 0.3) is 0 Å². The van der Waals surface area contributed by atoms with Crippen molar-refractivity contribution in [3.63, 3.8) is 0 Å². The Labute approximate surface area is 173 Å². The van der Waals surface area contributed by atoms with Gasteiger partial charge in [0, 0.05) is 35.6 Å². The van der Waals surface area contributed by atoms with Crippen molar-refractivity contribution in [2.75, 3.05) is 37.0 Å². The number of halogens is 2. The molecule has 0 unspecified atom stereocenters. The third kappa shape index (κ3) is 4.16. The van der Waals surface area contributed by atoms with Gasteiger partial charge in [0.2, 0.25) is 0 Å². The molecule has 0 saturated carbocycles. The van der Waals surface area contributed by atoms with Crippen LogP contribution in [0, 0.1) is 24.0 Å². The fourth-order valence-electron chi connectivity index (χ4n) is 3.20. The van der Waals surface area contributed by atoms with Gasteiger partial charge >= 0.3 is 0 Å². The summed E-state index contributed by atoms with van der Waals surface area (Å²) in [6, 6.07) is 4.24. The van der Waals surface area contributed by atoms with E-state index < -0.39 is 17.4 Å². The first-order valence-electron chi connectivity index (χ1n) is 9.76. The monoisotopic (exact) mass is 418 g/mol. The second kappa shape index (κ2) is 8.06. The zero-order valence-corrected chi connectivity index (χ0v) is 17.1. The quantitative estimate of drug-likeness (QED) is 0.762. The maximum absolute atomic E-state index is 14.6. The molecule has 1 saturated heterocycles. The Kier molecular flexibility index (Phi) is 5.46. The molecule has 9 heteroatoms. The minimum absolute atomic E-state index is 0.0644. The van der Waals surface area contributed by atoms with Gasteiger partial charge in [-0.15, -0.1) is 0 Å². The first-order valence-corrected chi connectivity index (χ1v) is 9.76. The number of nitrogens with zero attached hydrogens (tertiary/aromatic N) is 2. The van der Waals surface area contributed by atoms with Crippen molar-refractivity contribution in [1.29, 1.82) is 0 Å². The number of benzene rings is 1. The first kappa shape index (κ1) is 20.3. The molecule has 1 aromatic heterocycles. The molecule has 0 atom stereocenters. The molecule has 3 heterocycles. The molecule has 0 aliphatic carbocycles. The van der Waals surface area contributed by atoms with Gasteiger partial charge < -0.3 is 24.8 Å². The second-order valence-electron chi connectivity index (χ2n) is 7.98. The molecular formula is C21H24F2N4O3. The van der Waals surface area contributed by atoms with Crippen molar-refractivity contribution in [3.05, 3.63) is 41.6 Å². The zero-order chi connectivity index (χ0) is 21.3. The summed E-state index contributed by atoms with van der Waals surface area (Å²) in [5.74, 6) is -1.24. The predicted molar refractivity (Wildman–Crippen MR) is 109 cm³/mol. The van der Waals surface area contributed by atoms with Crippen LogP contribution in [-0.4, -0.2) is 43.4 Å². The van der Waals surface area contributed by atoms with Crippen molar-refractivity contribution in [1.82, 2.24) is 4.98 Å². The van der Waals surface area contributed by atoms with Crippen LogP contribution >= 0.6 is 0 Å². The molecule has 160 valence electrons. The standard InChI is InChI=1S/C21H24F2N4O3/c1-12(2)26-19-13(3)17(4-5-24-19)30-18-15(22)6-14(7-16(18)23)27-20-25-8-21(11-29-20)9-28-10-21/h4-7,12H,8-11H2,1-3H3,(H,24,26)(H,25,27). The van der Waals surface area contributed by atoms with Crippen molar-refractivity contribution < 1.29 is 23.0 Å². The van der Waals surface area contributed by atoms with Crippen LogP contribution in [0.1, 0.15) is 19.4 Å². The highest BCUT2D eigenvalue weighted by molar-refractivity contribution is 5.89. The summed E-state index contributed by atoms with van der Waals surface area (Å²) in [6.07, 6.45) is 1.53. The van der Waals surface area contributed by atoms with Gasteiger partial charge in [0.1, 0.15) is 18.2 Å². The van der Waals surface area contributed by atoms with Crippen molar-refractivity contribution in [3.8, 4) is 11.5 Å². The molecule has 0 amide bonds. The number of hydrogen-bond donors (Lipinski definition) is 2. The molecule has 2 aliphatic heterocycles. The molecule has 30 heavy (non-hydrogen) atoms. The predicted octanol–water partition coefficient (Wildman–Crippen LogP) is 4.10. The van der Waals surface area contributed by atoms with Crippen LogP contribution < -0.4 is 15.4 Å². The highest BCUT2D eigenvalue weighted by Gasteiger charge is 2.42. The van der Waals surface area contributed by atoms with E-state index in [1.54, 1.807) is 13.0 Å². The molecule has 7 nitrogen and oxygen atoms in total. The smallest absolute Gasteiger partial charge is 0.289 e. The summed E-state index contributed by atoms with van der Waals surface area (Å²) >= 11 is 0. The van der Waals surface area contributed by atoms with E-state index in [1.165, 1.54) is 6.20 Å². The fraction of sp³-hybridized carbons (Fsp3) is 0.429. The Balaban J connectivity index is 1.50. The van der Waals surface area contributed by atoms with Gasteiger partial charge in [-0.2, -0.15) is 0 Å². The number of anilines is 2. The van der Waals surface area contributed by atoms with Crippen LogP contribution in [0.3, 0.4) is 0 Å². The largest absolute Gasteiger partial charge is 0.464 e. The number of aromatic nitrogens is 1. The lowest BCUT2D eigenvalue weighted by molar-refractivity contribution is -0.132. The lowest BCUT2D eigenvalue weighted by Gasteiger charge is -2.41. The van der Waals surface area contributed by atoms with Crippen LogP contribution in [-0.2, 0) is 9.47 Å². The van der Waals surface area contributed by atoms with Gasteiger partial charge in [0.25, 0.3) is 6.02 Å². The lowest BCUT2D eigenvalue weighted by atomic mass is 9.87. The Bertz CT molecular complexity index is 954. The molecule has 1 fully saturated rings. The lowest BCUT2D eigenvalue weighted by Crippen LogP contribution is -2.51. The molecule has 2 N–H and O–H groups in total. The van der Waals surface area contributed by atoms with Gasteiger partial charge in [-0.1, -0.05) is 0 Å². The SMILES string of the molecule is Cc1c(Oc2c(F)cc(NC3=NCC4(COC4)CO3)cc2F)ccnc1NC(C)C. The molecule has 4 rings (SSSR count). The van der Waals surface area contributed by atoms with Gasteiger partial charge in [0.15, 0.2) is 17.4 Å². The maximum Gasteiger partial charge on any atom is 0.289 e. The highest BCUT2D eigenvalue weighted by atomic mass is 19.1. The number of hydrogen-bond acceptors (Lipinski definition) is 7. The number of rotatable bonds is 5. The molecule has 1 spiro atoms. The van der Waals surface area contributed by atoms with Gasteiger partial charge in [-0.05, 0) is 26.8 Å². The second-order valence-corrected chi connectivity index (χ2v) is 7.98. The molecule has 0 radical (unpaired) electrons. The van der Waals surface area contributed by atoms with Crippen molar-refractivity contribution in [2.45, 2.75) is 26.8 Å². The topological polar surface area (TPSA) is 77.0 Å². The molecule has 2 aliphatic rings. The molecule has 0 bridgehead atoms. The third-order valence-electron chi connectivity index (χ3n) is 4.93. The Morgan fingerprint density at radius 2 is 1.90 bits per heavy atom. The molecule has 2 aromatic rings. The number of amidine groups is 1. The third-order valence-corrected chi connectivity index (χ3v) is 4.93. The Morgan fingerprint density at radius 1 is 1.17 bits per heavy atom. The van der Waals surface area contributed by atoms with Crippen LogP contribution in [0.15, 0.2) is 29.4 Å². The summed E-state index contributed by atoms with van der Waals surface area (Å²) in [6.45, 7) is 7.95. The normalized spacial score (nSPS) is 17.2. The van der Waals surface area contributed by atoms with Gasteiger partial charge in [0.05, 0.1) is 25.2 Å². The van der Waals surface area contributed by atoms with Crippen LogP contribution in [0.5, 0.6) is 11.5 Å². The summed E-state index contributed by atoms with van der Waals surface area (Å²) in [7, 11) is 0. The zero-order valence-electron chi connectivity index (χ0n) is 17.1. The van der Waals surface area contributed by atoms with Crippen LogP contribution in [0.4, 0.5) is 20.3 Å². The fourth-order valence-corrected chi connectivity index (χ4v) is 3.20. The summed E-state index contributed by atoms with van der Waals surface area (Å²) in [5, 5.41) is 5.99. The maximum atomic E-state index is 14.6. The van der Waals surface area contributed by atoms with E-state index in [4.69, 9.17) is 14.2 Å². The number of pyridine rings is 1. The molecular weight excluding hydrogens is 394 g/mol. The summed E-state index contributed by atoms with van der Waals surface area (Å²) in [5.41, 5.74) is 0.780. The molecule has 1 aromatic carbocycles. The number of nitrogens with one attached hydrogen (secondary N) is 2. The van der Waals surface area contributed by atoms with Gasteiger partial charge in [-0.25, -0.2) is 18.8 Å². The average Bonchev–Trinajstić information content (AvgIpc) is 2.66. The average molecular weight is 418 g/mol. The van der Waals surface area contributed by atoms with Gasteiger partial charge in [-0.3, -0.25) is 0 Å². The van der Waals surface area contributed by atoms with Crippen LogP contribution in [0.2, 0.25) is 0 Å². The summed E-state index contributed by atoms with van der Waals surface area (Å²) in [4.78, 5) is 8.55. The summed E-state index contributed by atoms with van der Waals surface area (Å²) < 4.78 is 45.6. The van der Waals surface area contributed by atoms with E-state index in [-0.39, 0.29) is 23.2 Å². The highest BCUT2D eigenvalue weighted by Crippen LogP contribution is 2.34. The minimum Gasteiger partial charge on any atom is -0.464 e. The minimum atomic E-state index is -0.840. The van der Waals surface area contributed by atoms with E-state index in [1.807, 2.05) is 13.8 Å². The number of ether oxygens (including phenoxy) is 3. The van der Waals surface area contributed by atoms with Crippen molar-refractivity contribution in [2.24, 2.45) is 10.4 Å². The Morgan fingerprint density at radius 3 is 2.47 bits per heavy atom. The van der Waals surface area contributed by atoms with Crippen molar-refractivity contribution >= 4 is 17.5 Å².